The number of sulfonamides is 1. The van der Waals surface area contributed by atoms with E-state index in [1.54, 1.807) is 32.1 Å². The second kappa shape index (κ2) is 12.1. The van der Waals surface area contributed by atoms with Crippen LogP contribution in [0.3, 0.4) is 0 Å². The smallest absolute Gasteiger partial charge is 0.285 e. The number of rotatable bonds is 8. The fourth-order valence-electron chi connectivity index (χ4n) is 4.49. The molecule has 0 radical (unpaired) electrons. The molecule has 1 atom stereocenters. The summed E-state index contributed by atoms with van der Waals surface area (Å²) in [6, 6.07) is 5.97. The molecule has 2 N–H and O–H groups in total. The molecular formula is C30H27ClN4O6S. The van der Waals surface area contributed by atoms with E-state index in [2.05, 4.69) is 21.4 Å². The molecule has 0 spiro atoms. The van der Waals surface area contributed by atoms with E-state index in [-0.39, 0.29) is 38.9 Å². The molecule has 42 heavy (non-hydrogen) atoms. The molecule has 1 aromatic carbocycles. The van der Waals surface area contributed by atoms with Gasteiger partial charge in [-0.15, -0.1) is 6.42 Å². The average molecular weight is 607 g/mol. The van der Waals surface area contributed by atoms with Gasteiger partial charge < -0.3 is 14.3 Å². The Morgan fingerprint density at radius 2 is 1.98 bits per heavy atom. The van der Waals surface area contributed by atoms with E-state index >= 15 is 0 Å². The van der Waals surface area contributed by atoms with Crippen LogP contribution in [0.15, 0.2) is 62.4 Å². The number of hydrogen-bond acceptors (Lipinski definition) is 9. The number of carbonyl (C=O) groups is 1. The summed E-state index contributed by atoms with van der Waals surface area (Å²) in [4.78, 5) is 30.9. The summed E-state index contributed by atoms with van der Waals surface area (Å²) in [7, 11) is -3.87. The average Bonchev–Trinajstić information content (AvgIpc) is 3.33. The Hall–Kier alpha value is -4.66. The standard InChI is InChI=1S/C30H27ClN4O6S/c1-7-9-19(10-8-2)28-25(22-15-32-41-18(22)5)27(36)21-14-16(3)13-20(29(21)40-28)17(4)33-23-11-12-24(31)34-26(23)30(37)35-42(6,38)39/h1,8-15,17,33H,2-6H3,(H,35,37)/b10-8-,19-9+/t17-/m1/s1. The third-order valence-corrected chi connectivity index (χ3v) is 6.99. The number of aryl methyl sites for hydroxylation is 2. The van der Waals surface area contributed by atoms with Gasteiger partial charge in [0.25, 0.3) is 5.91 Å². The number of anilines is 1. The van der Waals surface area contributed by atoms with Crippen molar-refractivity contribution in [2.24, 2.45) is 0 Å². The molecule has 0 bridgehead atoms. The first kappa shape index (κ1) is 30.3. The molecule has 0 fully saturated rings. The minimum absolute atomic E-state index is 0.00290. The number of aromatic nitrogens is 2. The summed E-state index contributed by atoms with van der Waals surface area (Å²) >= 11 is 6.01. The van der Waals surface area contributed by atoms with Gasteiger partial charge in [0.2, 0.25) is 15.5 Å². The van der Waals surface area contributed by atoms with Crippen molar-refractivity contribution >= 4 is 49.8 Å². The number of allylic oxidation sites excluding steroid dienone is 4. The molecule has 0 aliphatic rings. The summed E-state index contributed by atoms with van der Waals surface area (Å²) in [5.74, 6) is 2.20. The molecule has 0 saturated carbocycles. The normalized spacial score (nSPS) is 12.8. The third-order valence-electron chi connectivity index (χ3n) is 6.23. The lowest BCUT2D eigenvalue weighted by Gasteiger charge is -2.20. The minimum Gasteiger partial charge on any atom is -0.455 e. The zero-order valence-electron chi connectivity index (χ0n) is 23.4. The maximum atomic E-state index is 14.1. The highest BCUT2D eigenvalue weighted by atomic mass is 35.5. The monoisotopic (exact) mass is 606 g/mol. The number of fused-ring (bicyclic) bond motifs is 1. The van der Waals surface area contributed by atoms with Gasteiger partial charge in [0.15, 0.2) is 5.69 Å². The van der Waals surface area contributed by atoms with Crippen LogP contribution in [0.5, 0.6) is 0 Å². The Balaban J connectivity index is 1.96. The summed E-state index contributed by atoms with van der Waals surface area (Å²) < 4.78 is 37.1. The Morgan fingerprint density at radius 1 is 1.24 bits per heavy atom. The van der Waals surface area contributed by atoms with Gasteiger partial charge in [0.1, 0.15) is 22.3 Å². The van der Waals surface area contributed by atoms with Crippen molar-refractivity contribution in [3.05, 3.63) is 92.4 Å². The van der Waals surface area contributed by atoms with Gasteiger partial charge in [-0.2, -0.15) is 0 Å². The van der Waals surface area contributed by atoms with Crippen LogP contribution in [0.4, 0.5) is 5.69 Å². The van der Waals surface area contributed by atoms with E-state index in [0.717, 1.165) is 11.8 Å². The van der Waals surface area contributed by atoms with E-state index in [0.29, 0.717) is 27.8 Å². The van der Waals surface area contributed by atoms with Crippen LogP contribution in [0.25, 0.3) is 27.7 Å². The summed E-state index contributed by atoms with van der Waals surface area (Å²) in [6.07, 6.45) is 12.9. The number of halogens is 1. The Bertz CT molecular complexity index is 1980. The Labute approximate surface area is 247 Å². The second-order valence-corrected chi connectivity index (χ2v) is 11.7. The molecule has 0 aliphatic heterocycles. The number of hydrogen-bond donors (Lipinski definition) is 2. The number of carbonyl (C=O) groups excluding carboxylic acids is 1. The number of benzene rings is 1. The molecule has 3 heterocycles. The number of nitrogens with one attached hydrogen (secondary N) is 2. The highest BCUT2D eigenvalue weighted by Crippen LogP contribution is 2.36. The predicted molar refractivity (Wildman–Crippen MR) is 163 cm³/mol. The first-order valence-corrected chi connectivity index (χ1v) is 14.9. The van der Waals surface area contributed by atoms with E-state index in [1.165, 1.54) is 24.4 Å². The molecular weight excluding hydrogens is 580 g/mol. The minimum atomic E-state index is -3.87. The first-order chi connectivity index (χ1) is 19.8. The van der Waals surface area contributed by atoms with Crippen LogP contribution in [0.2, 0.25) is 5.15 Å². The second-order valence-electron chi connectivity index (χ2n) is 9.53. The molecule has 1 amide bonds. The van der Waals surface area contributed by atoms with Crippen LogP contribution >= 0.6 is 11.6 Å². The highest BCUT2D eigenvalue weighted by molar-refractivity contribution is 7.89. The van der Waals surface area contributed by atoms with Gasteiger partial charge >= 0.3 is 0 Å². The molecule has 4 rings (SSSR count). The van der Waals surface area contributed by atoms with Crippen molar-refractivity contribution in [2.45, 2.75) is 33.7 Å². The van der Waals surface area contributed by atoms with Crippen molar-refractivity contribution in [2.75, 3.05) is 11.6 Å². The van der Waals surface area contributed by atoms with Crippen LogP contribution in [0, 0.1) is 26.2 Å². The first-order valence-electron chi connectivity index (χ1n) is 12.6. The van der Waals surface area contributed by atoms with Gasteiger partial charge in [-0.05, 0) is 57.5 Å². The van der Waals surface area contributed by atoms with Crippen LogP contribution in [-0.2, 0) is 10.0 Å². The molecule has 10 nitrogen and oxygen atoms in total. The molecule has 12 heteroatoms. The van der Waals surface area contributed by atoms with Crippen LogP contribution in [-0.4, -0.2) is 30.7 Å². The molecule has 0 aliphatic carbocycles. The van der Waals surface area contributed by atoms with E-state index in [1.807, 2.05) is 24.6 Å². The van der Waals surface area contributed by atoms with Crippen molar-refractivity contribution in [3.63, 3.8) is 0 Å². The Kier molecular flexibility index (Phi) is 8.70. The van der Waals surface area contributed by atoms with Gasteiger partial charge in [-0.3, -0.25) is 9.59 Å². The number of nitrogens with zero attached hydrogens (tertiary/aromatic N) is 2. The van der Waals surface area contributed by atoms with Crippen molar-refractivity contribution in [1.82, 2.24) is 14.9 Å². The van der Waals surface area contributed by atoms with E-state index in [4.69, 9.17) is 27.0 Å². The van der Waals surface area contributed by atoms with Crippen LogP contribution < -0.4 is 15.5 Å². The van der Waals surface area contributed by atoms with Crippen molar-refractivity contribution in [1.29, 1.82) is 0 Å². The van der Waals surface area contributed by atoms with Gasteiger partial charge in [0, 0.05) is 11.1 Å². The fourth-order valence-corrected chi connectivity index (χ4v) is 5.08. The van der Waals surface area contributed by atoms with Gasteiger partial charge in [-0.25, -0.2) is 18.1 Å². The lowest BCUT2D eigenvalue weighted by molar-refractivity contribution is 0.0977. The lowest BCUT2D eigenvalue weighted by Crippen LogP contribution is -2.31. The molecule has 3 aromatic heterocycles. The van der Waals surface area contributed by atoms with Crippen LogP contribution in [0.1, 0.15) is 53.0 Å². The van der Waals surface area contributed by atoms with Crippen molar-refractivity contribution < 1.29 is 22.2 Å². The van der Waals surface area contributed by atoms with Gasteiger partial charge in [0.05, 0.1) is 40.7 Å². The fraction of sp³-hybridized carbons (Fsp3) is 0.200. The van der Waals surface area contributed by atoms with Crippen molar-refractivity contribution in [3.8, 4) is 23.5 Å². The van der Waals surface area contributed by atoms with Gasteiger partial charge in [-0.1, -0.05) is 40.9 Å². The summed E-state index contributed by atoms with van der Waals surface area (Å²) in [6.45, 7) is 7.14. The summed E-state index contributed by atoms with van der Waals surface area (Å²) in [5, 5.41) is 7.33. The number of amides is 1. The maximum Gasteiger partial charge on any atom is 0.285 e. The zero-order chi connectivity index (χ0) is 30.8. The lowest BCUT2D eigenvalue weighted by atomic mass is 9.95. The maximum absolute atomic E-state index is 14.1. The predicted octanol–water partition coefficient (Wildman–Crippen LogP) is 5.57. The topological polar surface area (TPSA) is 144 Å². The third kappa shape index (κ3) is 6.30. The molecule has 0 saturated heterocycles. The highest BCUT2D eigenvalue weighted by Gasteiger charge is 2.25. The quantitative estimate of drug-likeness (QED) is 0.149. The zero-order valence-corrected chi connectivity index (χ0v) is 25.0. The molecule has 4 aromatic rings. The number of terminal acetylenes is 1. The Morgan fingerprint density at radius 3 is 2.60 bits per heavy atom. The number of pyridine rings is 1. The van der Waals surface area contributed by atoms with E-state index < -0.39 is 22.0 Å². The largest absolute Gasteiger partial charge is 0.455 e. The van der Waals surface area contributed by atoms with E-state index in [9.17, 15) is 18.0 Å². The SMILES string of the molecule is C#C/C=C(\C=C/C)c1oc2c([C@@H](C)Nc3ccc(Cl)nc3C(=O)NS(C)(=O)=O)cc(C)cc2c(=O)c1-c1cnoc1C. The molecule has 0 unspecified atom stereocenters. The molecule has 216 valence electrons. The summed E-state index contributed by atoms with van der Waals surface area (Å²) in [5.41, 5.74) is 2.52.